The summed E-state index contributed by atoms with van der Waals surface area (Å²) < 4.78 is 8.11. The summed E-state index contributed by atoms with van der Waals surface area (Å²) >= 11 is 1.43. The number of carbonyl (C=O) groups is 1. The zero-order valence-electron chi connectivity index (χ0n) is 17.9. The number of amides is 1. The Morgan fingerprint density at radius 3 is 2.75 bits per heavy atom. The molecular formula is C25H24N4O2S. The number of rotatable bonds is 7. The van der Waals surface area contributed by atoms with Crippen molar-refractivity contribution in [3.63, 3.8) is 0 Å². The molecule has 2 heterocycles. The third-order valence-electron chi connectivity index (χ3n) is 5.73. The summed E-state index contributed by atoms with van der Waals surface area (Å²) in [5, 5.41) is 11.6. The molecule has 0 fully saturated rings. The quantitative estimate of drug-likeness (QED) is 0.386. The number of hydrogen-bond acceptors (Lipinski definition) is 5. The highest BCUT2D eigenvalue weighted by atomic mass is 32.2. The monoisotopic (exact) mass is 444 g/mol. The molecule has 162 valence electrons. The molecule has 0 spiro atoms. The van der Waals surface area contributed by atoms with E-state index in [1.807, 2.05) is 58.9 Å². The maximum Gasteiger partial charge on any atom is 0.237 e. The maximum atomic E-state index is 12.8. The van der Waals surface area contributed by atoms with Crippen LogP contribution in [0.1, 0.15) is 18.3 Å². The van der Waals surface area contributed by atoms with Crippen LogP contribution in [0.4, 0.5) is 5.69 Å². The lowest BCUT2D eigenvalue weighted by atomic mass is 10.1. The first-order chi connectivity index (χ1) is 15.7. The number of fused-ring (bicyclic) bond motifs is 2. The van der Waals surface area contributed by atoms with Crippen LogP contribution in [0.5, 0.6) is 5.75 Å². The van der Waals surface area contributed by atoms with Gasteiger partial charge in [-0.1, -0.05) is 66.4 Å². The number of carbonyl (C=O) groups excluding carboxylic acids is 1. The summed E-state index contributed by atoms with van der Waals surface area (Å²) in [7, 11) is 0. The van der Waals surface area contributed by atoms with E-state index in [9.17, 15) is 4.79 Å². The second-order valence-electron chi connectivity index (χ2n) is 7.62. The van der Waals surface area contributed by atoms with E-state index in [1.54, 1.807) is 0 Å². The van der Waals surface area contributed by atoms with Gasteiger partial charge in [-0.15, -0.1) is 10.2 Å². The number of hydrogen-bond donors (Lipinski definition) is 0. The van der Waals surface area contributed by atoms with Gasteiger partial charge in [-0.05, 0) is 36.4 Å². The van der Waals surface area contributed by atoms with E-state index in [-0.39, 0.29) is 5.91 Å². The van der Waals surface area contributed by atoms with Crippen molar-refractivity contribution in [2.75, 3.05) is 17.2 Å². The number of para-hydroxylation sites is 1. The summed E-state index contributed by atoms with van der Waals surface area (Å²) in [6.45, 7) is 3.82. The average Bonchev–Trinajstić information content (AvgIpc) is 3.45. The zero-order chi connectivity index (χ0) is 21.9. The standard InChI is InChI=1S/C25H24N4O2S/c1-2-28-23(16-31-22-13-7-10-18-8-3-5-11-20(18)22)26-27-25(28)32-17-24(30)29-15-14-19-9-4-6-12-21(19)29/h3-13H,2,14-17H2,1H3. The van der Waals surface area contributed by atoms with E-state index in [0.29, 0.717) is 18.9 Å². The molecule has 0 N–H and O–H groups in total. The number of anilines is 1. The normalized spacial score (nSPS) is 12.8. The minimum Gasteiger partial charge on any atom is -0.485 e. The van der Waals surface area contributed by atoms with Crippen LogP contribution in [0, 0.1) is 0 Å². The van der Waals surface area contributed by atoms with Gasteiger partial charge in [0.2, 0.25) is 5.91 Å². The van der Waals surface area contributed by atoms with Gasteiger partial charge in [0.15, 0.2) is 11.0 Å². The molecule has 4 aromatic rings. The SMILES string of the molecule is CCn1c(COc2cccc3ccccc23)nnc1SCC(=O)N1CCc2ccccc21. The van der Waals surface area contributed by atoms with Crippen molar-refractivity contribution < 1.29 is 9.53 Å². The van der Waals surface area contributed by atoms with Crippen LogP contribution in [-0.2, 0) is 24.4 Å². The molecule has 3 aromatic carbocycles. The van der Waals surface area contributed by atoms with Gasteiger partial charge in [-0.2, -0.15) is 0 Å². The lowest BCUT2D eigenvalue weighted by Crippen LogP contribution is -2.30. The highest BCUT2D eigenvalue weighted by Crippen LogP contribution is 2.29. The van der Waals surface area contributed by atoms with Crippen LogP contribution in [0.2, 0.25) is 0 Å². The second kappa shape index (κ2) is 9.04. The Bertz CT molecular complexity index is 1260. The van der Waals surface area contributed by atoms with Crippen molar-refractivity contribution in [1.82, 2.24) is 14.8 Å². The molecule has 32 heavy (non-hydrogen) atoms. The van der Waals surface area contributed by atoms with E-state index >= 15 is 0 Å². The van der Waals surface area contributed by atoms with E-state index in [4.69, 9.17) is 4.74 Å². The highest BCUT2D eigenvalue weighted by Gasteiger charge is 2.24. The van der Waals surface area contributed by atoms with E-state index in [0.717, 1.165) is 46.2 Å². The fourth-order valence-electron chi connectivity index (χ4n) is 4.12. The fraction of sp³-hybridized carbons (Fsp3) is 0.240. The van der Waals surface area contributed by atoms with Gasteiger partial charge >= 0.3 is 0 Å². The minimum atomic E-state index is 0.0964. The van der Waals surface area contributed by atoms with Gasteiger partial charge in [0.05, 0.1) is 5.75 Å². The molecule has 0 radical (unpaired) electrons. The Hall–Kier alpha value is -3.32. The number of aromatic nitrogens is 3. The summed E-state index contributed by atoms with van der Waals surface area (Å²) in [5.74, 6) is 2.00. The van der Waals surface area contributed by atoms with Crippen molar-refractivity contribution in [2.24, 2.45) is 0 Å². The Morgan fingerprint density at radius 2 is 1.84 bits per heavy atom. The summed E-state index contributed by atoms with van der Waals surface area (Å²) in [6.07, 6.45) is 0.910. The average molecular weight is 445 g/mol. The van der Waals surface area contributed by atoms with Crippen LogP contribution < -0.4 is 9.64 Å². The largest absolute Gasteiger partial charge is 0.485 e. The number of benzene rings is 3. The Labute approximate surface area is 191 Å². The van der Waals surface area contributed by atoms with Gasteiger partial charge in [-0.25, -0.2) is 0 Å². The van der Waals surface area contributed by atoms with Crippen LogP contribution in [-0.4, -0.2) is 33.0 Å². The topological polar surface area (TPSA) is 60.2 Å². The van der Waals surface area contributed by atoms with E-state index < -0.39 is 0 Å². The molecule has 0 saturated carbocycles. The van der Waals surface area contributed by atoms with E-state index in [2.05, 4.69) is 34.5 Å². The van der Waals surface area contributed by atoms with Gasteiger partial charge in [0, 0.05) is 24.2 Å². The molecule has 0 aliphatic carbocycles. The molecule has 0 atom stereocenters. The number of nitrogens with zero attached hydrogens (tertiary/aromatic N) is 4. The summed E-state index contributed by atoms with van der Waals surface area (Å²) in [4.78, 5) is 14.7. The summed E-state index contributed by atoms with van der Waals surface area (Å²) in [5.41, 5.74) is 2.26. The lowest BCUT2D eigenvalue weighted by molar-refractivity contribution is -0.116. The van der Waals surface area contributed by atoms with Gasteiger partial charge in [0.1, 0.15) is 12.4 Å². The second-order valence-corrected chi connectivity index (χ2v) is 8.56. The number of ether oxygens (including phenoxy) is 1. The fourth-order valence-corrected chi connectivity index (χ4v) is 5.01. The first-order valence-electron chi connectivity index (χ1n) is 10.8. The van der Waals surface area contributed by atoms with Crippen LogP contribution in [0.25, 0.3) is 10.8 Å². The predicted molar refractivity (Wildman–Crippen MR) is 127 cm³/mol. The lowest BCUT2D eigenvalue weighted by Gasteiger charge is -2.17. The Kier molecular flexibility index (Phi) is 5.81. The van der Waals surface area contributed by atoms with Crippen LogP contribution in [0.15, 0.2) is 71.9 Å². The molecule has 5 rings (SSSR count). The molecule has 1 amide bonds. The van der Waals surface area contributed by atoms with Crippen molar-refractivity contribution in [1.29, 1.82) is 0 Å². The molecule has 0 unspecified atom stereocenters. The molecule has 1 aromatic heterocycles. The van der Waals surface area contributed by atoms with Crippen LogP contribution in [0.3, 0.4) is 0 Å². The first-order valence-corrected chi connectivity index (χ1v) is 11.8. The molecule has 1 aliphatic heterocycles. The third-order valence-corrected chi connectivity index (χ3v) is 6.68. The van der Waals surface area contributed by atoms with Crippen molar-refractivity contribution in [2.45, 2.75) is 31.7 Å². The molecular weight excluding hydrogens is 420 g/mol. The third kappa shape index (κ3) is 3.96. The highest BCUT2D eigenvalue weighted by molar-refractivity contribution is 7.99. The van der Waals surface area contributed by atoms with Crippen molar-refractivity contribution >= 4 is 34.1 Å². The number of thioether (sulfide) groups is 1. The van der Waals surface area contributed by atoms with Crippen molar-refractivity contribution in [3.8, 4) is 5.75 Å². The Balaban J connectivity index is 1.26. The van der Waals surface area contributed by atoms with Gasteiger partial charge in [-0.3, -0.25) is 4.79 Å². The molecule has 1 aliphatic rings. The summed E-state index contributed by atoms with van der Waals surface area (Å²) in [6, 6.07) is 22.3. The minimum absolute atomic E-state index is 0.0964. The van der Waals surface area contributed by atoms with Gasteiger partial charge < -0.3 is 14.2 Å². The molecule has 0 bridgehead atoms. The predicted octanol–water partition coefficient (Wildman–Crippen LogP) is 4.71. The Morgan fingerprint density at radius 1 is 1.03 bits per heavy atom. The smallest absolute Gasteiger partial charge is 0.237 e. The molecule has 6 nitrogen and oxygen atoms in total. The molecule has 7 heteroatoms. The first kappa shape index (κ1) is 20.6. The van der Waals surface area contributed by atoms with Gasteiger partial charge in [0.25, 0.3) is 0 Å². The zero-order valence-corrected chi connectivity index (χ0v) is 18.7. The molecule has 0 saturated heterocycles. The van der Waals surface area contributed by atoms with E-state index in [1.165, 1.54) is 17.3 Å². The van der Waals surface area contributed by atoms with Crippen molar-refractivity contribution in [3.05, 3.63) is 78.1 Å². The van der Waals surface area contributed by atoms with Crippen LogP contribution >= 0.6 is 11.8 Å². The maximum absolute atomic E-state index is 12.8.